The maximum Gasteiger partial charge on any atom is 0.221 e. The van der Waals surface area contributed by atoms with E-state index in [9.17, 15) is 4.79 Å². The van der Waals surface area contributed by atoms with E-state index in [0.717, 1.165) is 32.0 Å². The van der Waals surface area contributed by atoms with Gasteiger partial charge in [-0.15, -0.1) is 12.4 Å². The molecule has 1 amide bonds. The summed E-state index contributed by atoms with van der Waals surface area (Å²) in [6.45, 7) is 3.13. The number of nitrogens with one attached hydrogen (secondary N) is 2. The predicted octanol–water partition coefficient (Wildman–Crippen LogP) is 1.87. The topological polar surface area (TPSA) is 50.4 Å². The molecular weight excluding hydrogens is 264 g/mol. The molecular formula is C14H27ClN2O2. The van der Waals surface area contributed by atoms with Crippen molar-refractivity contribution in [3.63, 3.8) is 0 Å². The lowest BCUT2D eigenvalue weighted by molar-refractivity contribution is -0.122. The van der Waals surface area contributed by atoms with Crippen LogP contribution in [0.15, 0.2) is 0 Å². The summed E-state index contributed by atoms with van der Waals surface area (Å²) in [4.78, 5) is 11.7. The highest BCUT2D eigenvalue weighted by Gasteiger charge is 2.17. The molecule has 1 heterocycles. The van der Waals surface area contributed by atoms with Crippen LogP contribution in [0.25, 0.3) is 0 Å². The van der Waals surface area contributed by atoms with Crippen LogP contribution in [0.3, 0.4) is 0 Å². The first kappa shape index (κ1) is 16.7. The summed E-state index contributed by atoms with van der Waals surface area (Å²) in [7, 11) is 0. The summed E-state index contributed by atoms with van der Waals surface area (Å²) < 4.78 is 5.34. The lowest BCUT2D eigenvalue weighted by atomic mass is 9.87. The standard InChI is InChI=1S/C14H26N2O2.ClH/c17-14(10-13-11-18-9-8-15-13)16-7-6-12-4-2-1-3-5-12;/h12-13,15H,1-11H2,(H,16,17);1H. The van der Waals surface area contributed by atoms with Crippen molar-refractivity contribution in [1.29, 1.82) is 0 Å². The molecule has 1 aliphatic carbocycles. The third-order valence-electron chi connectivity index (χ3n) is 4.03. The Labute approximate surface area is 122 Å². The molecule has 1 aliphatic heterocycles. The molecule has 112 valence electrons. The van der Waals surface area contributed by atoms with E-state index in [-0.39, 0.29) is 24.4 Å². The molecule has 0 aromatic heterocycles. The van der Waals surface area contributed by atoms with E-state index >= 15 is 0 Å². The Balaban J connectivity index is 0.00000180. The molecule has 19 heavy (non-hydrogen) atoms. The van der Waals surface area contributed by atoms with E-state index in [1.165, 1.54) is 32.1 Å². The molecule has 2 N–H and O–H groups in total. The van der Waals surface area contributed by atoms with Gasteiger partial charge in [-0.1, -0.05) is 32.1 Å². The zero-order chi connectivity index (χ0) is 12.6. The van der Waals surface area contributed by atoms with Crippen molar-refractivity contribution < 1.29 is 9.53 Å². The fourth-order valence-corrected chi connectivity index (χ4v) is 2.94. The Morgan fingerprint density at radius 3 is 2.74 bits per heavy atom. The molecule has 5 heteroatoms. The summed E-state index contributed by atoms with van der Waals surface area (Å²) in [6, 6.07) is 0.202. The number of morpholine rings is 1. The van der Waals surface area contributed by atoms with Gasteiger partial charge >= 0.3 is 0 Å². The SMILES string of the molecule is Cl.O=C(CC1COCCN1)NCCC1CCCCC1. The summed E-state index contributed by atoms with van der Waals surface area (Å²) in [5.41, 5.74) is 0. The Hall–Kier alpha value is -0.320. The van der Waals surface area contributed by atoms with Gasteiger partial charge in [0.1, 0.15) is 0 Å². The number of amides is 1. The summed E-state index contributed by atoms with van der Waals surface area (Å²) in [5.74, 6) is 1.00. The van der Waals surface area contributed by atoms with Gasteiger partial charge < -0.3 is 15.4 Å². The van der Waals surface area contributed by atoms with Crippen LogP contribution in [0.2, 0.25) is 0 Å². The number of rotatable bonds is 5. The van der Waals surface area contributed by atoms with E-state index < -0.39 is 0 Å². The molecule has 1 atom stereocenters. The van der Waals surface area contributed by atoms with Crippen LogP contribution < -0.4 is 10.6 Å². The van der Waals surface area contributed by atoms with Crippen LogP contribution in [0.4, 0.5) is 0 Å². The maximum atomic E-state index is 11.7. The summed E-state index contributed by atoms with van der Waals surface area (Å²) in [5, 5.41) is 6.35. The van der Waals surface area contributed by atoms with E-state index in [2.05, 4.69) is 10.6 Å². The van der Waals surface area contributed by atoms with Gasteiger partial charge in [0, 0.05) is 25.6 Å². The van der Waals surface area contributed by atoms with Gasteiger partial charge in [0.15, 0.2) is 0 Å². The number of carbonyl (C=O) groups is 1. The van der Waals surface area contributed by atoms with Gasteiger partial charge in [0.05, 0.1) is 13.2 Å². The van der Waals surface area contributed by atoms with Gasteiger partial charge in [-0.25, -0.2) is 0 Å². The first-order chi connectivity index (χ1) is 8.84. The zero-order valence-electron chi connectivity index (χ0n) is 11.7. The van der Waals surface area contributed by atoms with Crippen LogP contribution >= 0.6 is 12.4 Å². The molecule has 0 spiro atoms. The van der Waals surface area contributed by atoms with Gasteiger partial charge in [0.2, 0.25) is 5.91 Å². The first-order valence-electron chi connectivity index (χ1n) is 7.42. The Kier molecular flexibility index (Phi) is 8.42. The highest BCUT2D eigenvalue weighted by Crippen LogP contribution is 2.25. The minimum atomic E-state index is 0. The summed E-state index contributed by atoms with van der Waals surface area (Å²) >= 11 is 0. The van der Waals surface area contributed by atoms with Crippen LogP contribution in [0, 0.1) is 5.92 Å². The lowest BCUT2D eigenvalue weighted by Crippen LogP contribution is -2.44. The van der Waals surface area contributed by atoms with Gasteiger partial charge in [-0.2, -0.15) is 0 Å². The van der Waals surface area contributed by atoms with Gasteiger partial charge in [-0.3, -0.25) is 4.79 Å². The second-order valence-corrected chi connectivity index (χ2v) is 5.57. The fourth-order valence-electron chi connectivity index (χ4n) is 2.94. The third-order valence-corrected chi connectivity index (χ3v) is 4.03. The van der Waals surface area contributed by atoms with E-state index in [0.29, 0.717) is 13.0 Å². The number of halogens is 1. The van der Waals surface area contributed by atoms with E-state index in [4.69, 9.17) is 4.74 Å². The fraction of sp³-hybridized carbons (Fsp3) is 0.929. The van der Waals surface area contributed by atoms with Crippen LogP contribution in [-0.4, -0.2) is 38.3 Å². The van der Waals surface area contributed by atoms with Crippen molar-refractivity contribution in [2.75, 3.05) is 26.3 Å². The van der Waals surface area contributed by atoms with Crippen molar-refractivity contribution in [1.82, 2.24) is 10.6 Å². The summed E-state index contributed by atoms with van der Waals surface area (Å²) in [6.07, 6.45) is 8.56. The highest BCUT2D eigenvalue weighted by atomic mass is 35.5. The monoisotopic (exact) mass is 290 g/mol. The van der Waals surface area contributed by atoms with Crippen LogP contribution in [-0.2, 0) is 9.53 Å². The molecule has 0 aromatic carbocycles. The van der Waals surface area contributed by atoms with Crippen molar-refractivity contribution in [2.45, 2.75) is 51.0 Å². The normalized spacial score (nSPS) is 24.5. The zero-order valence-corrected chi connectivity index (χ0v) is 12.5. The molecule has 0 bridgehead atoms. The molecule has 4 nitrogen and oxygen atoms in total. The van der Waals surface area contributed by atoms with E-state index in [1.807, 2.05) is 0 Å². The molecule has 2 aliphatic rings. The highest BCUT2D eigenvalue weighted by molar-refractivity contribution is 5.85. The van der Waals surface area contributed by atoms with Crippen molar-refractivity contribution >= 4 is 18.3 Å². The third kappa shape index (κ3) is 6.59. The number of carbonyl (C=O) groups excluding carboxylic acids is 1. The predicted molar refractivity (Wildman–Crippen MR) is 78.7 cm³/mol. The Bertz CT molecular complexity index is 252. The Morgan fingerprint density at radius 1 is 1.26 bits per heavy atom. The molecule has 2 fully saturated rings. The molecule has 0 radical (unpaired) electrons. The van der Waals surface area contributed by atoms with Crippen molar-refractivity contribution in [3.05, 3.63) is 0 Å². The average molecular weight is 291 g/mol. The smallest absolute Gasteiger partial charge is 0.221 e. The number of hydrogen-bond donors (Lipinski definition) is 2. The van der Waals surface area contributed by atoms with Crippen LogP contribution in [0.5, 0.6) is 0 Å². The minimum absolute atomic E-state index is 0. The lowest BCUT2D eigenvalue weighted by Gasteiger charge is -2.24. The quantitative estimate of drug-likeness (QED) is 0.813. The maximum absolute atomic E-state index is 11.7. The van der Waals surface area contributed by atoms with Crippen molar-refractivity contribution in [3.8, 4) is 0 Å². The number of hydrogen-bond acceptors (Lipinski definition) is 3. The first-order valence-corrected chi connectivity index (χ1v) is 7.42. The number of ether oxygens (including phenoxy) is 1. The molecule has 1 saturated carbocycles. The largest absolute Gasteiger partial charge is 0.378 e. The second kappa shape index (κ2) is 9.56. The minimum Gasteiger partial charge on any atom is -0.378 e. The van der Waals surface area contributed by atoms with Gasteiger partial charge in [0.25, 0.3) is 0 Å². The average Bonchev–Trinajstić information content (AvgIpc) is 2.41. The molecule has 2 rings (SSSR count). The molecule has 0 aromatic rings. The van der Waals surface area contributed by atoms with E-state index in [1.54, 1.807) is 0 Å². The second-order valence-electron chi connectivity index (χ2n) is 5.57. The van der Waals surface area contributed by atoms with Crippen molar-refractivity contribution in [2.24, 2.45) is 5.92 Å². The Morgan fingerprint density at radius 2 is 2.05 bits per heavy atom. The molecule has 1 saturated heterocycles. The van der Waals surface area contributed by atoms with Crippen LogP contribution in [0.1, 0.15) is 44.9 Å². The van der Waals surface area contributed by atoms with Gasteiger partial charge in [-0.05, 0) is 12.3 Å². The molecule has 1 unspecified atom stereocenters.